The number of H-pyrrole nitrogens is 1. The monoisotopic (exact) mass is 365 g/mol. The summed E-state index contributed by atoms with van der Waals surface area (Å²) < 4.78 is 15.2. The van der Waals surface area contributed by atoms with E-state index in [1.54, 1.807) is 12.1 Å². The standard InChI is InChI=1S/C20H20FN5O/c1-3-15-12(2)26-11-13(4-7-19(26)25-15)20(27)22-9-8-18-23-16-6-5-14(21)10-17(16)24-18/h4-7,10-11H,3,8-9H2,1-2H3,(H,22,27)(H,23,24). The van der Waals surface area contributed by atoms with Crippen molar-refractivity contribution in [1.82, 2.24) is 24.7 Å². The van der Waals surface area contributed by atoms with Crippen LogP contribution >= 0.6 is 0 Å². The van der Waals surface area contributed by atoms with Gasteiger partial charge in [0.1, 0.15) is 17.3 Å². The molecule has 0 aliphatic rings. The highest BCUT2D eigenvalue weighted by molar-refractivity contribution is 5.94. The van der Waals surface area contributed by atoms with E-state index in [2.05, 4.69) is 27.2 Å². The summed E-state index contributed by atoms with van der Waals surface area (Å²) in [4.78, 5) is 24.5. The molecule has 27 heavy (non-hydrogen) atoms. The number of rotatable bonds is 5. The molecule has 0 saturated heterocycles. The van der Waals surface area contributed by atoms with Crippen LogP contribution in [0.2, 0.25) is 0 Å². The molecule has 3 aromatic heterocycles. The summed E-state index contributed by atoms with van der Waals surface area (Å²) in [6, 6.07) is 8.07. The minimum absolute atomic E-state index is 0.148. The zero-order valence-corrected chi connectivity index (χ0v) is 15.2. The maximum Gasteiger partial charge on any atom is 0.252 e. The molecule has 4 aromatic rings. The van der Waals surface area contributed by atoms with Gasteiger partial charge in [0.25, 0.3) is 5.91 Å². The Morgan fingerprint density at radius 2 is 2.11 bits per heavy atom. The molecular formula is C20H20FN5O. The van der Waals surface area contributed by atoms with Crippen LogP contribution in [-0.2, 0) is 12.8 Å². The van der Waals surface area contributed by atoms with Crippen molar-refractivity contribution in [2.45, 2.75) is 26.7 Å². The van der Waals surface area contributed by atoms with Gasteiger partial charge in [-0.3, -0.25) is 4.79 Å². The van der Waals surface area contributed by atoms with Gasteiger partial charge in [0.05, 0.1) is 22.3 Å². The van der Waals surface area contributed by atoms with Crippen molar-refractivity contribution < 1.29 is 9.18 Å². The van der Waals surface area contributed by atoms with Crippen LogP contribution in [0.15, 0.2) is 36.5 Å². The normalized spacial score (nSPS) is 11.4. The number of carbonyl (C=O) groups is 1. The van der Waals surface area contributed by atoms with Crippen LogP contribution in [0.3, 0.4) is 0 Å². The summed E-state index contributed by atoms with van der Waals surface area (Å²) in [5, 5.41) is 2.90. The first-order valence-corrected chi connectivity index (χ1v) is 8.95. The molecule has 0 fully saturated rings. The number of hydrogen-bond acceptors (Lipinski definition) is 3. The average molecular weight is 365 g/mol. The fourth-order valence-corrected chi connectivity index (χ4v) is 3.23. The molecule has 7 heteroatoms. The fourth-order valence-electron chi connectivity index (χ4n) is 3.23. The summed E-state index contributed by atoms with van der Waals surface area (Å²) in [6.45, 7) is 4.50. The SMILES string of the molecule is CCc1nc2ccc(C(=O)NCCc3nc4ccc(F)cc4[nH]3)cn2c1C. The van der Waals surface area contributed by atoms with Gasteiger partial charge in [0.2, 0.25) is 0 Å². The Morgan fingerprint density at radius 1 is 1.26 bits per heavy atom. The van der Waals surface area contributed by atoms with Gasteiger partial charge in [-0.15, -0.1) is 0 Å². The van der Waals surface area contributed by atoms with Crippen molar-refractivity contribution >= 4 is 22.6 Å². The van der Waals surface area contributed by atoms with Gasteiger partial charge < -0.3 is 14.7 Å². The van der Waals surface area contributed by atoms with Crippen LogP contribution in [0.1, 0.15) is 34.5 Å². The van der Waals surface area contributed by atoms with Crippen LogP contribution in [0, 0.1) is 12.7 Å². The Labute approximate surface area is 155 Å². The number of nitrogens with one attached hydrogen (secondary N) is 2. The van der Waals surface area contributed by atoms with E-state index >= 15 is 0 Å². The van der Waals surface area contributed by atoms with E-state index in [1.165, 1.54) is 12.1 Å². The number of pyridine rings is 1. The number of imidazole rings is 2. The fraction of sp³-hybridized carbons (Fsp3) is 0.250. The van der Waals surface area contributed by atoms with Crippen molar-refractivity contribution in [3.05, 3.63) is 65.1 Å². The predicted molar refractivity (Wildman–Crippen MR) is 101 cm³/mol. The van der Waals surface area contributed by atoms with Gasteiger partial charge in [-0.2, -0.15) is 0 Å². The molecule has 2 N–H and O–H groups in total. The first kappa shape index (κ1) is 17.2. The number of aromatic nitrogens is 4. The quantitative estimate of drug-likeness (QED) is 0.570. The smallest absolute Gasteiger partial charge is 0.252 e. The summed E-state index contributed by atoms with van der Waals surface area (Å²) in [5.41, 5.74) is 4.88. The maximum atomic E-state index is 13.2. The number of nitrogens with zero attached hydrogens (tertiary/aromatic N) is 3. The third-order valence-corrected chi connectivity index (χ3v) is 4.69. The van der Waals surface area contributed by atoms with E-state index in [0.717, 1.165) is 23.5 Å². The average Bonchev–Trinajstić information content (AvgIpc) is 3.21. The Hall–Kier alpha value is -3.22. The highest BCUT2D eigenvalue weighted by Crippen LogP contribution is 2.15. The van der Waals surface area contributed by atoms with Crippen molar-refractivity contribution in [3.8, 4) is 0 Å². The minimum atomic E-state index is -0.303. The van der Waals surface area contributed by atoms with E-state index in [4.69, 9.17) is 0 Å². The van der Waals surface area contributed by atoms with E-state index < -0.39 is 0 Å². The van der Waals surface area contributed by atoms with Gasteiger partial charge in [-0.25, -0.2) is 14.4 Å². The highest BCUT2D eigenvalue weighted by atomic mass is 19.1. The molecule has 1 amide bonds. The summed E-state index contributed by atoms with van der Waals surface area (Å²) in [6.07, 6.45) is 3.21. The lowest BCUT2D eigenvalue weighted by Gasteiger charge is -2.05. The third kappa shape index (κ3) is 3.28. The maximum absolute atomic E-state index is 13.2. The molecule has 6 nitrogen and oxygen atoms in total. The Balaban J connectivity index is 1.44. The number of hydrogen-bond donors (Lipinski definition) is 2. The molecule has 1 aromatic carbocycles. The van der Waals surface area contributed by atoms with E-state index in [-0.39, 0.29) is 11.7 Å². The molecule has 0 spiro atoms. The van der Waals surface area contributed by atoms with Crippen LogP contribution < -0.4 is 5.32 Å². The molecule has 0 aliphatic carbocycles. The second kappa shape index (κ2) is 6.83. The predicted octanol–water partition coefficient (Wildman–Crippen LogP) is 3.19. The van der Waals surface area contributed by atoms with Crippen LogP contribution in [0.4, 0.5) is 4.39 Å². The number of amides is 1. The van der Waals surface area contributed by atoms with Gasteiger partial charge in [-0.05, 0) is 43.7 Å². The third-order valence-electron chi connectivity index (χ3n) is 4.69. The molecule has 0 saturated carbocycles. The zero-order valence-electron chi connectivity index (χ0n) is 15.2. The first-order chi connectivity index (χ1) is 13.0. The number of aromatic amines is 1. The second-order valence-electron chi connectivity index (χ2n) is 6.49. The highest BCUT2D eigenvalue weighted by Gasteiger charge is 2.11. The van der Waals surface area contributed by atoms with Gasteiger partial charge in [0.15, 0.2) is 0 Å². The van der Waals surface area contributed by atoms with Crippen molar-refractivity contribution in [2.75, 3.05) is 6.54 Å². The molecule has 138 valence electrons. The minimum Gasteiger partial charge on any atom is -0.352 e. The van der Waals surface area contributed by atoms with Gasteiger partial charge in [-0.1, -0.05) is 6.92 Å². The van der Waals surface area contributed by atoms with Crippen molar-refractivity contribution in [3.63, 3.8) is 0 Å². The van der Waals surface area contributed by atoms with Crippen molar-refractivity contribution in [2.24, 2.45) is 0 Å². The number of fused-ring (bicyclic) bond motifs is 2. The van der Waals surface area contributed by atoms with Gasteiger partial charge >= 0.3 is 0 Å². The second-order valence-corrected chi connectivity index (χ2v) is 6.49. The molecule has 3 heterocycles. The Morgan fingerprint density at radius 3 is 2.93 bits per heavy atom. The molecule has 4 rings (SSSR count). The summed E-state index contributed by atoms with van der Waals surface area (Å²) in [7, 11) is 0. The number of aryl methyl sites for hydroxylation is 2. The molecule has 0 atom stereocenters. The topological polar surface area (TPSA) is 75.1 Å². The van der Waals surface area contributed by atoms with Crippen LogP contribution in [0.5, 0.6) is 0 Å². The van der Waals surface area contributed by atoms with Crippen LogP contribution in [-0.4, -0.2) is 31.8 Å². The van der Waals surface area contributed by atoms with E-state index in [1.807, 2.05) is 23.6 Å². The molecular weight excluding hydrogens is 345 g/mol. The number of benzene rings is 1. The first-order valence-electron chi connectivity index (χ1n) is 8.95. The summed E-state index contributed by atoms with van der Waals surface area (Å²) in [5.74, 6) is 0.261. The molecule has 0 bridgehead atoms. The lowest BCUT2D eigenvalue weighted by atomic mass is 10.2. The number of halogens is 1. The Bertz CT molecular complexity index is 1140. The van der Waals surface area contributed by atoms with E-state index in [9.17, 15) is 9.18 Å². The largest absolute Gasteiger partial charge is 0.352 e. The molecule has 0 radical (unpaired) electrons. The van der Waals surface area contributed by atoms with Crippen LogP contribution in [0.25, 0.3) is 16.7 Å². The van der Waals surface area contributed by atoms with E-state index in [0.29, 0.717) is 35.4 Å². The lowest BCUT2D eigenvalue weighted by Crippen LogP contribution is -2.26. The molecule has 0 aliphatic heterocycles. The Kier molecular flexibility index (Phi) is 4.35. The van der Waals surface area contributed by atoms with Crippen molar-refractivity contribution in [1.29, 1.82) is 0 Å². The molecule has 0 unspecified atom stereocenters. The zero-order chi connectivity index (χ0) is 19.0. The number of carbonyl (C=O) groups excluding carboxylic acids is 1. The van der Waals surface area contributed by atoms with Gasteiger partial charge in [0, 0.05) is 24.9 Å². The summed E-state index contributed by atoms with van der Waals surface area (Å²) >= 11 is 0. The lowest BCUT2D eigenvalue weighted by molar-refractivity contribution is 0.0953.